The number of nitrogens with zero attached hydrogens (tertiary/aromatic N) is 1. The Labute approximate surface area is 113 Å². The topological polar surface area (TPSA) is 42.0 Å². The van der Waals surface area contributed by atoms with Gasteiger partial charge in [-0.2, -0.15) is 0 Å². The summed E-state index contributed by atoms with van der Waals surface area (Å²) in [6.07, 6.45) is 6.55. The van der Waals surface area contributed by atoms with Crippen LogP contribution in [0.5, 0.6) is 0 Å². The Balaban J connectivity index is 2.03. The minimum absolute atomic E-state index is 0.110. The largest absolute Gasteiger partial charge is 0.349 e. The van der Waals surface area contributed by atoms with Crippen LogP contribution < -0.4 is 5.32 Å². The number of aromatic nitrogens is 1. The SMILES string of the molecule is CCC1CCC(NC(=O)c2cnccc2Cl)C1C. The molecule has 3 unspecified atom stereocenters. The van der Waals surface area contributed by atoms with Gasteiger partial charge in [-0.3, -0.25) is 9.78 Å². The predicted molar refractivity (Wildman–Crippen MR) is 72.7 cm³/mol. The third-order valence-corrected chi connectivity index (χ3v) is 4.41. The summed E-state index contributed by atoms with van der Waals surface area (Å²) >= 11 is 6.00. The maximum Gasteiger partial charge on any atom is 0.254 e. The molecule has 4 heteroatoms. The van der Waals surface area contributed by atoms with Gasteiger partial charge in [-0.25, -0.2) is 0 Å². The molecule has 1 aromatic heterocycles. The molecular weight excluding hydrogens is 248 g/mol. The van der Waals surface area contributed by atoms with Gasteiger partial charge >= 0.3 is 0 Å². The minimum Gasteiger partial charge on any atom is -0.349 e. The van der Waals surface area contributed by atoms with E-state index >= 15 is 0 Å². The minimum atomic E-state index is -0.110. The first-order valence-electron chi connectivity index (χ1n) is 6.53. The van der Waals surface area contributed by atoms with Crippen LogP contribution in [0.15, 0.2) is 18.5 Å². The van der Waals surface area contributed by atoms with E-state index in [1.807, 2.05) is 0 Å². The van der Waals surface area contributed by atoms with Gasteiger partial charge in [-0.1, -0.05) is 31.9 Å². The van der Waals surface area contributed by atoms with Gasteiger partial charge in [0.15, 0.2) is 0 Å². The van der Waals surface area contributed by atoms with E-state index in [9.17, 15) is 4.79 Å². The highest BCUT2D eigenvalue weighted by Gasteiger charge is 2.32. The number of nitrogens with one attached hydrogen (secondary N) is 1. The van der Waals surface area contributed by atoms with E-state index in [0.717, 1.165) is 12.3 Å². The van der Waals surface area contributed by atoms with Gasteiger partial charge in [-0.15, -0.1) is 0 Å². The van der Waals surface area contributed by atoms with E-state index in [1.54, 1.807) is 12.3 Å². The van der Waals surface area contributed by atoms with Crippen molar-refractivity contribution >= 4 is 17.5 Å². The fourth-order valence-corrected chi connectivity index (χ4v) is 3.01. The van der Waals surface area contributed by atoms with Gasteiger partial charge < -0.3 is 5.32 Å². The van der Waals surface area contributed by atoms with Gasteiger partial charge in [0.25, 0.3) is 5.91 Å². The lowest BCUT2D eigenvalue weighted by atomic mass is 9.93. The summed E-state index contributed by atoms with van der Waals surface area (Å²) in [5.41, 5.74) is 0.464. The van der Waals surface area contributed by atoms with Gasteiger partial charge in [0.1, 0.15) is 0 Å². The normalized spacial score (nSPS) is 27.2. The van der Waals surface area contributed by atoms with E-state index in [4.69, 9.17) is 11.6 Å². The van der Waals surface area contributed by atoms with Crippen LogP contribution >= 0.6 is 11.6 Å². The molecular formula is C14H19ClN2O. The lowest BCUT2D eigenvalue weighted by Gasteiger charge is -2.21. The molecule has 98 valence electrons. The van der Waals surface area contributed by atoms with Gasteiger partial charge in [0, 0.05) is 18.4 Å². The summed E-state index contributed by atoms with van der Waals surface area (Å²) in [6, 6.07) is 1.90. The molecule has 18 heavy (non-hydrogen) atoms. The second kappa shape index (κ2) is 5.70. The smallest absolute Gasteiger partial charge is 0.254 e. The summed E-state index contributed by atoms with van der Waals surface area (Å²) in [5.74, 6) is 1.15. The number of amides is 1. The molecule has 1 aliphatic rings. The Morgan fingerprint density at radius 2 is 2.33 bits per heavy atom. The third kappa shape index (κ3) is 2.66. The first kappa shape index (κ1) is 13.3. The van der Waals surface area contributed by atoms with E-state index < -0.39 is 0 Å². The van der Waals surface area contributed by atoms with E-state index in [-0.39, 0.29) is 11.9 Å². The fourth-order valence-electron chi connectivity index (χ4n) is 2.82. The number of halogens is 1. The van der Waals surface area contributed by atoms with Crippen molar-refractivity contribution in [2.24, 2.45) is 11.8 Å². The number of carbonyl (C=O) groups excluding carboxylic acids is 1. The quantitative estimate of drug-likeness (QED) is 0.912. The second-order valence-electron chi connectivity index (χ2n) is 5.04. The molecule has 0 aromatic carbocycles. The number of rotatable bonds is 3. The lowest BCUT2D eigenvalue weighted by molar-refractivity contribution is 0.0926. The summed E-state index contributed by atoms with van der Waals surface area (Å²) in [5, 5.41) is 3.55. The molecule has 0 aliphatic heterocycles. The van der Waals surface area contributed by atoms with Crippen LogP contribution in [0.1, 0.15) is 43.5 Å². The highest BCUT2D eigenvalue weighted by atomic mass is 35.5. The average Bonchev–Trinajstić information content (AvgIpc) is 2.71. The Bertz CT molecular complexity index is 436. The van der Waals surface area contributed by atoms with Crippen molar-refractivity contribution in [3.05, 3.63) is 29.0 Å². The molecule has 1 aliphatic carbocycles. The molecule has 0 saturated heterocycles. The van der Waals surface area contributed by atoms with Crippen molar-refractivity contribution in [3.63, 3.8) is 0 Å². The average molecular weight is 267 g/mol. The monoisotopic (exact) mass is 266 g/mol. The van der Waals surface area contributed by atoms with Crippen LogP contribution in [0.25, 0.3) is 0 Å². The van der Waals surface area contributed by atoms with Crippen LogP contribution in [0.2, 0.25) is 5.02 Å². The van der Waals surface area contributed by atoms with E-state index in [0.29, 0.717) is 16.5 Å². The number of hydrogen-bond acceptors (Lipinski definition) is 2. The molecule has 1 aromatic rings. The summed E-state index contributed by atoms with van der Waals surface area (Å²) in [7, 11) is 0. The first-order chi connectivity index (χ1) is 8.63. The van der Waals surface area contributed by atoms with Crippen LogP contribution in [-0.4, -0.2) is 16.9 Å². The fraction of sp³-hybridized carbons (Fsp3) is 0.571. The standard InChI is InChI=1S/C14H19ClN2O/c1-3-10-4-5-13(9(10)2)17-14(18)11-8-16-7-6-12(11)15/h6-10,13H,3-5H2,1-2H3,(H,17,18). The molecule has 1 N–H and O–H groups in total. The molecule has 3 atom stereocenters. The van der Waals surface area contributed by atoms with E-state index in [1.165, 1.54) is 19.0 Å². The van der Waals surface area contributed by atoms with Crippen LogP contribution in [0.3, 0.4) is 0 Å². The number of hydrogen-bond donors (Lipinski definition) is 1. The van der Waals surface area contributed by atoms with Gasteiger partial charge in [0.2, 0.25) is 0 Å². The third-order valence-electron chi connectivity index (χ3n) is 4.08. The molecule has 2 rings (SSSR count). The van der Waals surface area contributed by atoms with Crippen molar-refractivity contribution < 1.29 is 4.79 Å². The summed E-state index contributed by atoms with van der Waals surface area (Å²) in [6.45, 7) is 4.43. The number of carbonyl (C=O) groups is 1. The Morgan fingerprint density at radius 1 is 1.56 bits per heavy atom. The van der Waals surface area contributed by atoms with Crippen molar-refractivity contribution in [2.45, 2.75) is 39.2 Å². The highest BCUT2D eigenvalue weighted by Crippen LogP contribution is 2.34. The Kier molecular flexibility index (Phi) is 4.23. The highest BCUT2D eigenvalue weighted by molar-refractivity contribution is 6.33. The Hall–Kier alpha value is -1.09. The summed E-state index contributed by atoms with van der Waals surface area (Å²) < 4.78 is 0. The zero-order chi connectivity index (χ0) is 13.1. The molecule has 0 bridgehead atoms. The van der Waals surface area contributed by atoms with Crippen LogP contribution in [0.4, 0.5) is 0 Å². The van der Waals surface area contributed by atoms with Crippen molar-refractivity contribution in [1.82, 2.24) is 10.3 Å². The van der Waals surface area contributed by atoms with E-state index in [2.05, 4.69) is 24.1 Å². The second-order valence-corrected chi connectivity index (χ2v) is 5.45. The van der Waals surface area contributed by atoms with Crippen LogP contribution in [0, 0.1) is 11.8 Å². The molecule has 1 heterocycles. The van der Waals surface area contributed by atoms with Crippen LogP contribution in [-0.2, 0) is 0 Å². The zero-order valence-electron chi connectivity index (χ0n) is 10.8. The zero-order valence-corrected chi connectivity index (χ0v) is 11.6. The molecule has 3 nitrogen and oxygen atoms in total. The predicted octanol–water partition coefficient (Wildman–Crippen LogP) is 3.29. The molecule has 1 fully saturated rings. The molecule has 0 spiro atoms. The maximum absolute atomic E-state index is 12.1. The maximum atomic E-state index is 12.1. The molecule has 1 amide bonds. The lowest BCUT2D eigenvalue weighted by Crippen LogP contribution is -2.37. The van der Waals surface area contributed by atoms with Gasteiger partial charge in [-0.05, 0) is 30.7 Å². The molecule has 1 saturated carbocycles. The van der Waals surface area contributed by atoms with Crippen molar-refractivity contribution in [3.8, 4) is 0 Å². The first-order valence-corrected chi connectivity index (χ1v) is 6.91. The Morgan fingerprint density at radius 3 is 2.94 bits per heavy atom. The van der Waals surface area contributed by atoms with Crippen molar-refractivity contribution in [2.75, 3.05) is 0 Å². The summed E-state index contributed by atoms with van der Waals surface area (Å²) in [4.78, 5) is 16.1. The number of pyridine rings is 1. The van der Waals surface area contributed by atoms with Gasteiger partial charge in [0.05, 0.1) is 10.6 Å². The molecule has 0 radical (unpaired) electrons. The van der Waals surface area contributed by atoms with Crippen molar-refractivity contribution in [1.29, 1.82) is 0 Å².